The lowest BCUT2D eigenvalue weighted by atomic mass is 9.98. The lowest BCUT2D eigenvalue weighted by Crippen LogP contribution is -2.39. The maximum atomic E-state index is 14.7. The normalized spacial score (nSPS) is 19.6. The fourth-order valence-electron chi connectivity index (χ4n) is 4.34. The summed E-state index contributed by atoms with van der Waals surface area (Å²) in [5.74, 6) is 2.02. The first-order valence-corrected chi connectivity index (χ1v) is 10.9. The highest BCUT2D eigenvalue weighted by Crippen LogP contribution is 2.28. The van der Waals surface area contributed by atoms with E-state index in [1.165, 1.54) is 5.56 Å². The van der Waals surface area contributed by atoms with Gasteiger partial charge in [0.25, 0.3) is 0 Å². The van der Waals surface area contributed by atoms with Crippen LogP contribution in [0, 0.1) is 5.82 Å². The van der Waals surface area contributed by atoms with Gasteiger partial charge in [-0.05, 0) is 41.8 Å². The summed E-state index contributed by atoms with van der Waals surface area (Å²) in [7, 11) is 3.48. The number of rotatable bonds is 5. The van der Waals surface area contributed by atoms with Gasteiger partial charge in [0.05, 0.1) is 26.0 Å². The molecule has 0 spiro atoms. The van der Waals surface area contributed by atoms with Crippen molar-refractivity contribution in [2.24, 2.45) is 4.99 Å². The first kappa shape index (κ1) is 21.4. The highest BCUT2D eigenvalue weighted by atomic mass is 19.1. The fourth-order valence-corrected chi connectivity index (χ4v) is 4.34. The molecule has 0 aromatic heterocycles. The third-order valence-corrected chi connectivity index (χ3v) is 6.10. The minimum Gasteiger partial charge on any atom is -0.497 e. The fraction of sp³-hybridized carbons (Fsp3) is 0.458. The van der Waals surface area contributed by atoms with Crippen LogP contribution in [0.4, 0.5) is 10.1 Å². The number of aliphatic imine (C=N–C) groups is 1. The standard InChI is InChI=1S/C24H31FN4O2/c1-26-24(29-10-9-20(17-29)19-4-6-21(30-2)7-5-19)27-16-18-3-8-23(22(25)15-18)28-11-13-31-14-12-28/h3-8,15,20H,9-14,16-17H2,1-2H3,(H,26,27). The molecule has 1 unspecified atom stereocenters. The van der Waals surface area contributed by atoms with Crippen molar-refractivity contribution < 1.29 is 13.9 Å². The molecule has 0 amide bonds. The van der Waals surface area contributed by atoms with Crippen LogP contribution in [-0.2, 0) is 11.3 Å². The molecule has 0 radical (unpaired) electrons. The van der Waals surface area contributed by atoms with Gasteiger partial charge in [-0.2, -0.15) is 0 Å². The number of hydrogen-bond acceptors (Lipinski definition) is 4. The smallest absolute Gasteiger partial charge is 0.193 e. The number of nitrogens with zero attached hydrogens (tertiary/aromatic N) is 3. The molecule has 31 heavy (non-hydrogen) atoms. The maximum absolute atomic E-state index is 14.7. The van der Waals surface area contributed by atoms with Crippen LogP contribution >= 0.6 is 0 Å². The molecule has 2 fully saturated rings. The SMILES string of the molecule is CN=C(NCc1ccc(N2CCOCC2)c(F)c1)N1CCC(c2ccc(OC)cc2)C1. The Morgan fingerprint density at radius 2 is 1.94 bits per heavy atom. The topological polar surface area (TPSA) is 49.3 Å². The number of anilines is 1. The van der Waals surface area contributed by atoms with Crippen LogP contribution in [-0.4, -0.2) is 64.4 Å². The van der Waals surface area contributed by atoms with Crippen LogP contribution in [0.3, 0.4) is 0 Å². The van der Waals surface area contributed by atoms with E-state index in [4.69, 9.17) is 9.47 Å². The van der Waals surface area contributed by atoms with E-state index in [0.717, 1.165) is 49.9 Å². The lowest BCUT2D eigenvalue weighted by molar-refractivity contribution is 0.122. The number of hydrogen-bond donors (Lipinski definition) is 1. The van der Waals surface area contributed by atoms with Gasteiger partial charge in [0, 0.05) is 45.7 Å². The van der Waals surface area contributed by atoms with Crippen molar-refractivity contribution >= 4 is 11.6 Å². The minimum absolute atomic E-state index is 0.183. The van der Waals surface area contributed by atoms with Gasteiger partial charge < -0.3 is 24.6 Å². The van der Waals surface area contributed by atoms with Crippen molar-refractivity contribution in [2.75, 3.05) is 58.5 Å². The third-order valence-electron chi connectivity index (χ3n) is 6.10. The summed E-state index contributed by atoms with van der Waals surface area (Å²) in [6, 6.07) is 13.8. The maximum Gasteiger partial charge on any atom is 0.193 e. The summed E-state index contributed by atoms with van der Waals surface area (Å²) in [6.07, 6.45) is 1.08. The molecule has 2 aromatic carbocycles. The van der Waals surface area contributed by atoms with E-state index in [-0.39, 0.29) is 5.82 Å². The number of benzene rings is 2. The largest absolute Gasteiger partial charge is 0.497 e. The highest BCUT2D eigenvalue weighted by molar-refractivity contribution is 5.80. The number of guanidine groups is 1. The zero-order chi connectivity index (χ0) is 21.6. The molecule has 7 heteroatoms. The summed E-state index contributed by atoms with van der Waals surface area (Å²) >= 11 is 0. The lowest BCUT2D eigenvalue weighted by Gasteiger charge is -2.29. The molecule has 2 aliphatic rings. The van der Waals surface area contributed by atoms with E-state index in [0.29, 0.717) is 31.4 Å². The molecule has 2 heterocycles. The molecule has 0 bridgehead atoms. The van der Waals surface area contributed by atoms with Gasteiger partial charge in [0.2, 0.25) is 0 Å². The van der Waals surface area contributed by atoms with Gasteiger partial charge in [-0.25, -0.2) is 4.39 Å². The molecule has 166 valence electrons. The number of nitrogens with one attached hydrogen (secondary N) is 1. The first-order valence-electron chi connectivity index (χ1n) is 10.9. The Labute approximate surface area is 183 Å². The molecule has 2 aromatic rings. The second-order valence-corrected chi connectivity index (χ2v) is 7.99. The van der Waals surface area contributed by atoms with Crippen LogP contribution < -0.4 is 15.0 Å². The highest BCUT2D eigenvalue weighted by Gasteiger charge is 2.26. The Hall–Kier alpha value is -2.80. The van der Waals surface area contributed by atoms with Crippen molar-refractivity contribution in [3.63, 3.8) is 0 Å². The monoisotopic (exact) mass is 426 g/mol. The van der Waals surface area contributed by atoms with E-state index < -0.39 is 0 Å². The van der Waals surface area contributed by atoms with Gasteiger partial charge in [-0.3, -0.25) is 4.99 Å². The molecule has 4 rings (SSSR count). The Morgan fingerprint density at radius 3 is 2.61 bits per heavy atom. The number of methoxy groups -OCH3 is 1. The molecule has 0 aliphatic carbocycles. The van der Waals surface area contributed by atoms with Crippen molar-refractivity contribution in [3.05, 3.63) is 59.4 Å². The summed E-state index contributed by atoms with van der Waals surface area (Å²) in [5, 5.41) is 3.40. The average molecular weight is 427 g/mol. The molecule has 6 nitrogen and oxygen atoms in total. The van der Waals surface area contributed by atoms with E-state index in [1.807, 2.05) is 29.2 Å². The predicted octanol–water partition coefficient (Wildman–Crippen LogP) is 3.24. The minimum atomic E-state index is -0.183. The molecule has 1 N–H and O–H groups in total. The van der Waals surface area contributed by atoms with Crippen LogP contribution in [0.2, 0.25) is 0 Å². The summed E-state index contributed by atoms with van der Waals surface area (Å²) in [5.41, 5.74) is 2.87. The quantitative estimate of drug-likeness (QED) is 0.588. The Bertz CT molecular complexity index is 897. The molecule has 0 saturated carbocycles. The zero-order valence-electron chi connectivity index (χ0n) is 18.3. The van der Waals surface area contributed by atoms with Crippen LogP contribution in [0.15, 0.2) is 47.5 Å². The molecule has 2 aliphatic heterocycles. The Balaban J connectivity index is 1.33. The van der Waals surface area contributed by atoms with Gasteiger partial charge in [0.1, 0.15) is 11.6 Å². The van der Waals surface area contributed by atoms with Crippen molar-refractivity contribution in [1.29, 1.82) is 0 Å². The third kappa shape index (κ3) is 5.10. The number of likely N-dealkylation sites (tertiary alicyclic amines) is 1. The van der Waals surface area contributed by atoms with E-state index in [1.54, 1.807) is 20.2 Å². The van der Waals surface area contributed by atoms with E-state index in [9.17, 15) is 4.39 Å². The van der Waals surface area contributed by atoms with Crippen LogP contribution in [0.1, 0.15) is 23.5 Å². The predicted molar refractivity (Wildman–Crippen MR) is 122 cm³/mol. The van der Waals surface area contributed by atoms with Gasteiger partial charge in [0.15, 0.2) is 5.96 Å². The van der Waals surface area contributed by atoms with Crippen LogP contribution in [0.25, 0.3) is 0 Å². The first-order chi connectivity index (χ1) is 15.2. The van der Waals surface area contributed by atoms with Crippen molar-refractivity contribution in [1.82, 2.24) is 10.2 Å². The number of ether oxygens (including phenoxy) is 2. The van der Waals surface area contributed by atoms with Gasteiger partial charge >= 0.3 is 0 Å². The van der Waals surface area contributed by atoms with Gasteiger partial charge in [-0.1, -0.05) is 18.2 Å². The average Bonchev–Trinajstić information content (AvgIpc) is 3.30. The molecule has 1 atom stereocenters. The summed E-state index contributed by atoms with van der Waals surface area (Å²) < 4.78 is 25.3. The second-order valence-electron chi connectivity index (χ2n) is 7.99. The van der Waals surface area contributed by atoms with Crippen LogP contribution in [0.5, 0.6) is 5.75 Å². The molecular formula is C24H31FN4O2. The van der Waals surface area contributed by atoms with Gasteiger partial charge in [-0.15, -0.1) is 0 Å². The zero-order valence-corrected chi connectivity index (χ0v) is 18.3. The summed E-state index contributed by atoms with van der Waals surface area (Å²) in [6.45, 7) is 5.14. The molecular weight excluding hydrogens is 395 g/mol. The number of morpholine rings is 1. The molecule has 2 saturated heterocycles. The Morgan fingerprint density at radius 1 is 1.16 bits per heavy atom. The van der Waals surface area contributed by atoms with Crippen molar-refractivity contribution in [2.45, 2.75) is 18.9 Å². The Kier molecular flexibility index (Phi) is 6.92. The number of halogens is 1. The second kappa shape index (κ2) is 10.0. The van der Waals surface area contributed by atoms with E-state index >= 15 is 0 Å². The van der Waals surface area contributed by atoms with Crippen molar-refractivity contribution in [3.8, 4) is 5.75 Å². The summed E-state index contributed by atoms with van der Waals surface area (Å²) in [4.78, 5) is 8.76. The van der Waals surface area contributed by atoms with E-state index in [2.05, 4.69) is 27.3 Å².